The fraction of sp³-hybridized carbons (Fsp3) is 1.00. The van der Waals surface area contributed by atoms with Gasteiger partial charge in [-0.25, -0.2) is 0 Å². The highest BCUT2D eigenvalue weighted by Crippen LogP contribution is 2.00. The van der Waals surface area contributed by atoms with E-state index in [9.17, 15) is 0 Å². The monoisotopic (exact) mass is 215 g/mol. The lowest BCUT2D eigenvalue weighted by Crippen LogP contribution is -2.44. The molecule has 0 aromatic rings. The standard InChI is InChI=1S/C11H25N3O/c1-11(2)14(4-3-12)6-5-13-7-9-15-10-8-13/h11H,3-10,12H2,1-2H3. The van der Waals surface area contributed by atoms with Crippen molar-refractivity contribution in [3.05, 3.63) is 0 Å². The Balaban J connectivity index is 2.19. The molecule has 0 aliphatic carbocycles. The minimum Gasteiger partial charge on any atom is -0.379 e. The maximum atomic E-state index is 5.60. The first-order valence-corrected chi connectivity index (χ1v) is 5.98. The summed E-state index contributed by atoms with van der Waals surface area (Å²) in [4.78, 5) is 4.91. The highest BCUT2D eigenvalue weighted by Gasteiger charge is 2.13. The molecule has 4 heteroatoms. The van der Waals surface area contributed by atoms with Gasteiger partial charge < -0.3 is 10.5 Å². The van der Waals surface area contributed by atoms with Crippen molar-refractivity contribution < 1.29 is 4.74 Å². The van der Waals surface area contributed by atoms with Crippen LogP contribution in [0, 0.1) is 0 Å². The molecule has 0 bridgehead atoms. The van der Waals surface area contributed by atoms with Crippen LogP contribution in [0.5, 0.6) is 0 Å². The van der Waals surface area contributed by atoms with E-state index in [2.05, 4.69) is 23.6 Å². The second kappa shape index (κ2) is 7.17. The molecule has 1 heterocycles. The van der Waals surface area contributed by atoms with E-state index in [-0.39, 0.29) is 0 Å². The Labute approximate surface area is 93.4 Å². The van der Waals surface area contributed by atoms with Crippen LogP contribution >= 0.6 is 0 Å². The first-order valence-electron chi connectivity index (χ1n) is 5.98. The van der Waals surface area contributed by atoms with Crippen LogP contribution in [0.15, 0.2) is 0 Å². The molecule has 0 atom stereocenters. The SMILES string of the molecule is CC(C)N(CCN)CCN1CCOCC1. The van der Waals surface area contributed by atoms with Gasteiger partial charge in [-0.15, -0.1) is 0 Å². The minimum absolute atomic E-state index is 0.592. The summed E-state index contributed by atoms with van der Waals surface area (Å²) >= 11 is 0. The summed E-state index contributed by atoms with van der Waals surface area (Å²) in [6.45, 7) is 12.4. The molecule has 1 fully saturated rings. The largest absolute Gasteiger partial charge is 0.379 e. The highest BCUT2D eigenvalue weighted by molar-refractivity contribution is 4.68. The van der Waals surface area contributed by atoms with E-state index in [1.165, 1.54) is 0 Å². The lowest BCUT2D eigenvalue weighted by atomic mass is 10.3. The second-order valence-electron chi connectivity index (χ2n) is 4.37. The number of rotatable bonds is 6. The number of hydrogen-bond acceptors (Lipinski definition) is 4. The Morgan fingerprint density at radius 3 is 2.47 bits per heavy atom. The molecule has 2 N–H and O–H groups in total. The van der Waals surface area contributed by atoms with Gasteiger partial charge in [0.1, 0.15) is 0 Å². The summed E-state index contributed by atoms with van der Waals surface area (Å²) in [6.07, 6.45) is 0. The zero-order chi connectivity index (χ0) is 11.1. The molecule has 0 aromatic heterocycles. The van der Waals surface area contributed by atoms with Gasteiger partial charge in [0.15, 0.2) is 0 Å². The van der Waals surface area contributed by atoms with Gasteiger partial charge >= 0.3 is 0 Å². The molecule has 1 aliphatic rings. The molecule has 0 aromatic carbocycles. The van der Waals surface area contributed by atoms with Crippen LogP contribution in [-0.2, 0) is 4.74 Å². The summed E-state index contributed by atoms with van der Waals surface area (Å²) < 4.78 is 5.33. The molecule has 0 radical (unpaired) electrons. The Morgan fingerprint density at radius 1 is 1.27 bits per heavy atom. The lowest BCUT2D eigenvalue weighted by molar-refractivity contribution is 0.0319. The molecule has 0 spiro atoms. The third kappa shape index (κ3) is 4.93. The first kappa shape index (κ1) is 12.9. The van der Waals surface area contributed by atoms with E-state index in [4.69, 9.17) is 10.5 Å². The van der Waals surface area contributed by atoms with Crippen molar-refractivity contribution in [1.82, 2.24) is 9.80 Å². The van der Waals surface area contributed by atoms with Crippen molar-refractivity contribution in [3.63, 3.8) is 0 Å². The zero-order valence-corrected chi connectivity index (χ0v) is 10.1. The second-order valence-corrected chi connectivity index (χ2v) is 4.37. The third-order valence-corrected chi connectivity index (χ3v) is 2.95. The van der Waals surface area contributed by atoms with Crippen molar-refractivity contribution in [2.75, 3.05) is 52.5 Å². The molecule has 0 saturated carbocycles. The number of morpholine rings is 1. The van der Waals surface area contributed by atoms with Crippen LogP contribution in [0.2, 0.25) is 0 Å². The number of ether oxygens (including phenoxy) is 1. The minimum atomic E-state index is 0.592. The smallest absolute Gasteiger partial charge is 0.0594 e. The van der Waals surface area contributed by atoms with Crippen molar-refractivity contribution in [2.24, 2.45) is 5.73 Å². The van der Waals surface area contributed by atoms with E-state index < -0.39 is 0 Å². The molecule has 0 unspecified atom stereocenters. The van der Waals surface area contributed by atoms with Crippen molar-refractivity contribution in [1.29, 1.82) is 0 Å². The van der Waals surface area contributed by atoms with Gasteiger partial charge in [0.05, 0.1) is 13.2 Å². The van der Waals surface area contributed by atoms with E-state index in [1.807, 2.05) is 0 Å². The van der Waals surface area contributed by atoms with Crippen LogP contribution in [-0.4, -0.2) is 68.3 Å². The Bertz CT molecular complexity index is 158. The molecular formula is C11H25N3O. The van der Waals surface area contributed by atoms with Gasteiger partial charge in [-0.05, 0) is 13.8 Å². The Morgan fingerprint density at radius 2 is 1.93 bits per heavy atom. The average molecular weight is 215 g/mol. The quantitative estimate of drug-likeness (QED) is 0.676. The lowest BCUT2D eigenvalue weighted by Gasteiger charge is -2.31. The van der Waals surface area contributed by atoms with Crippen LogP contribution in [0.25, 0.3) is 0 Å². The molecular weight excluding hydrogens is 190 g/mol. The predicted octanol–water partition coefficient (Wildman–Crippen LogP) is -0.0123. The molecule has 90 valence electrons. The Hall–Kier alpha value is -0.160. The normalized spacial score (nSPS) is 19.0. The van der Waals surface area contributed by atoms with E-state index in [0.717, 1.165) is 52.5 Å². The molecule has 4 nitrogen and oxygen atoms in total. The average Bonchev–Trinajstić information content (AvgIpc) is 2.25. The summed E-state index contributed by atoms with van der Waals surface area (Å²) in [6, 6.07) is 0.592. The topological polar surface area (TPSA) is 41.7 Å². The predicted molar refractivity (Wildman–Crippen MR) is 63.0 cm³/mol. The maximum Gasteiger partial charge on any atom is 0.0594 e. The Kier molecular flexibility index (Phi) is 6.17. The zero-order valence-electron chi connectivity index (χ0n) is 10.1. The molecule has 1 rings (SSSR count). The van der Waals surface area contributed by atoms with Gasteiger partial charge in [-0.3, -0.25) is 9.80 Å². The summed E-state index contributed by atoms with van der Waals surface area (Å²) in [5.74, 6) is 0. The summed E-state index contributed by atoms with van der Waals surface area (Å²) in [7, 11) is 0. The molecule has 15 heavy (non-hydrogen) atoms. The van der Waals surface area contributed by atoms with Crippen molar-refractivity contribution >= 4 is 0 Å². The van der Waals surface area contributed by atoms with Gasteiger partial charge in [0.25, 0.3) is 0 Å². The van der Waals surface area contributed by atoms with E-state index in [1.54, 1.807) is 0 Å². The summed E-state index contributed by atoms with van der Waals surface area (Å²) in [5.41, 5.74) is 5.60. The van der Waals surface area contributed by atoms with Crippen LogP contribution < -0.4 is 5.73 Å². The molecule has 1 aliphatic heterocycles. The third-order valence-electron chi connectivity index (χ3n) is 2.95. The van der Waals surface area contributed by atoms with Crippen LogP contribution in [0.3, 0.4) is 0 Å². The van der Waals surface area contributed by atoms with Crippen molar-refractivity contribution in [2.45, 2.75) is 19.9 Å². The maximum absolute atomic E-state index is 5.60. The number of nitrogens with zero attached hydrogens (tertiary/aromatic N) is 2. The number of hydrogen-bond donors (Lipinski definition) is 1. The fourth-order valence-electron chi connectivity index (χ4n) is 1.89. The molecule has 1 saturated heterocycles. The fourth-order valence-corrected chi connectivity index (χ4v) is 1.89. The first-order chi connectivity index (χ1) is 7.24. The van der Waals surface area contributed by atoms with Gasteiger partial charge in [-0.2, -0.15) is 0 Å². The van der Waals surface area contributed by atoms with E-state index >= 15 is 0 Å². The van der Waals surface area contributed by atoms with Gasteiger partial charge in [0, 0.05) is 45.3 Å². The molecule has 0 amide bonds. The highest BCUT2D eigenvalue weighted by atomic mass is 16.5. The van der Waals surface area contributed by atoms with Crippen molar-refractivity contribution in [3.8, 4) is 0 Å². The van der Waals surface area contributed by atoms with E-state index in [0.29, 0.717) is 6.04 Å². The number of nitrogens with two attached hydrogens (primary N) is 1. The summed E-state index contributed by atoms with van der Waals surface area (Å²) in [5, 5.41) is 0. The van der Waals surface area contributed by atoms with Gasteiger partial charge in [-0.1, -0.05) is 0 Å². The van der Waals surface area contributed by atoms with Crippen LogP contribution in [0.4, 0.5) is 0 Å². The van der Waals surface area contributed by atoms with Gasteiger partial charge in [0.2, 0.25) is 0 Å². The van der Waals surface area contributed by atoms with Crippen LogP contribution in [0.1, 0.15) is 13.8 Å².